The Morgan fingerprint density at radius 1 is 1.24 bits per heavy atom. The first-order chi connectivity index (χ1) is 15.6. The Morgan fingerprint density at radius 3 is 2.70 bits per heavy atom. The van der Waals surface area contributed by atoms with Crippen LogP contribution in [0.4, 0.5) is 11.4 Å². The third-order valence-corrected chi connectivity index (χ3v) is 7.84. The number of nitrogens with one attached hydrogen (secondary N) is 1. The van der Waals surface area contributed by atoms with Crippen LogP contribution in [0, 0.1) is 5.41 Å². The maximum atomic E-state index is 13.5. The number of pyridine rings is 1. The van der Waals surface area contributed by atoms with Gasteiger partial charge in [0, 0.05) is 23.8 Å². The van der Waals surface area contributed by atoms with E-state index in [1.807, 2.05) is 6.07 Å². The first-order valence-electron chi connectivity index (χ1n) is 11.3. The van der Waals surface area contributed by atoms with E-state index in [2.05, 4.69) is 36.2 Å². The predicted octanol–water partition coefficient (Wildman–Crippen LogP) is 4.48. The molecule has 2 fully saturated rings. The molecule has 0 spiro atoms. The van der Waals surface area contributed by atoms with E-state index in [1.54, 1.807) is 24.3 Å². The van der Waals surface area contributed by atoms with E-state index >= 15 is 0 Å². The van der Waals surface area contributed by atoms with E-state index in [4.69, 9.17) is 4.52 Å². The minimum absolute atomic E-state index is 0.0394. The van der Waals surface area contributed by atoms with Crippen LogP contribution in [0.25, 0.3) is 11.1 Å². The van der Waals surface area contributed by atoms with Gasteiger partial charge in [0.1, 0.15) is 0 Å². The SMILES string of the molecule is CC(C)(C)Cc1noc2nc(C3CC3)cc(C(=O)Nc3cccc(N4CCCS4(=O)=O)c3)c12. The zero-order valence-electron chi connectivity index (χ0n) is 19.1. The van der Waals surface area contributed by atoms with Gasteiger partial charge in [-0.25, -0.2) is 13.4 Å². The largest absolute Gasteiger partial charge is 0.336 e. The molecule has 2 aliphatic rings. The molecule has 1 aliphatic heterocycles. The summed E-state index contributed by atoms with van der Waals surface area (Å²) in [7, 11) is -3.30. The Kier molecular flexibility index (Phi) is 5.19. The summed E-state index contributed by atoms with van der Waals surface area (Å²) in [6.45, 7) is 6.78. The number of carbonyl (C=O) groups is 1. The smallest absolute Gasteiger partial charge is 0.259 e. The Hall–Kier alpha value is -2.94. The molecule has 1 amide bonds. The van der Waals surface area contributed by atoms with Gasteiger partial charge < -0.3 is 9.84 Å². The van der Waals surface area contributed by atoms with E-state index < -0.39 is 10.0 Å². The number of fused-ring (bicyclic) bond motifs is 1. The Labute approximate surface area is 193 Å². The Balaban J connectivity index is 1.50. The number of benzene rings is 1. The average Bonchev–Trinajstić information content (AvgIpc) is 3.43. The molecule has 2 aromatic heterocycles. The van der Waals surface area contributed by atoms with Crippen LogP contribution in [0.3, 0.4) is 0 Å². The number of aromatic nitrogens is 2. The maximum Gasteiger partial charge on any atom is 0.259 e. The van der Waals surface area contributed by atoms with Crippen LogP contribution < -0.4 is 9.62 Å². The maximum absolute atomic E-state index is 13.5. The number of anilines is 2. The van der Waals surface area contributed by atoms with Gasteiger partial charge in [-0.05, 0) is 55.4 Å². The molecule has 0 bridgehead atoms. The molecule has 174 valence electrons. The molecular formula is C24H28N4O4S. The minimum atomic E-state index is -3.30. The number of hydrogen-bond acceptors (Lipinski definition) is 6. The minimum Gasteiger partial charge on any atom is -0.336 e. The van der Waals surface area contributed by atoms with Crippen LogP contribution in [0.15, 0.2) is 34.9 Å². The molecule has 1 saturated heterocycles. The Bertz CT molecular complexity index is 1340. The van der Waals surface area contributed by atoms with Crippen molar-refractivity contribution in [2.24, 2.45) is 5.41 Å². The third-order valence-electron chi connectivity index (χ3n) is 5.97. The highest BCUT2D eigenvalue weighted by molar-refractivity contribution is 7.93. The van der Waals surface area contributed by atoms with Crippen molar-refractivity contribution in [3.63, 3.8) is 0 Å². The van der Waals surface area contributed by atoms with Crippen molar-refractivity contribution in [1.29, 1.82) is 0 Å². The highest BCUT2D eigenvalue weighted by atomic mass is 32.2. The quantitative estimate of drug-likeness (QED) is 0.592. The van der Waals surface area contributed by atoms with Gasteiger partial charge >= 0.3 is 0 Å². The van der Waals surface area contributed by atoms with Crippen LogP contribution >= 0.6 is 0 Å². The second-order valence-corrected chi connectivity index (χ2v) is 12.2. The van der Waals surface area contributed by atoms with Crippen molar-refractivity contribution in [3.8, 4) is 0 Å². The van der Waals surface area contributed by atoms with Crippen LogP contribution in [0.2, 0.25) is 0 Å². The van der Waals surface area contributed by atoms with Gasteiger partial charge in [0.25, 0.3) is 11.6 Å². The summed E-state index contributed by atoms with van der Waals surface area (Å²) < 4.78 is 31.6. The monoisotopic (exact) mass is 468 g/mol. The zero-order valence-corrected chi connectivity index (χ0v) is 19.9. The van der Waals surface area contributed by atoms with Gasteiger partial charge in [-0.2, -0.15) is 0 Å². The van der Waals surface area contributed by atoms with Gasteiger partial charge in [-0.3, -0.25) is 9.10 Å². The standard InChI is InChI=1S/C24H28N4O4S/c1-24(2,3)14-20-21-18(13-19(15-8-9-15)26-23(21)32-27-20)22(29)25-16-6-4-7-17(12-16)28-10-5-11-33(28,30)31/h4,6-7,12-13,15H,5,8-11,14H2,1-3H3,(H,25,29). The molecule has 0 radical (unpaired) electrons. The fourth-order valence-corrected chi connectivity index (χ4v) is 5.84. The van der Waals surface area contributed by atoms with E-state index in [-0.39, 0.29) is 17.1 Å². The topological polar surface area (TPSA) is 105 Å². The second-order valence-electron chi connectivity index (χ2n) is 10.2. The molecule has 33 heavy (non-hydrogen) atoms. The van der Waals surface area contributed by atoms with Crippen LogP contribution in [-0.4, -0.2) is 36.8 Å². The number of carbonyl (C=O) groups excluding carboxylic acids is 1. The number of sulfonamides is 1. The van der Waals surface area contributed by atoms with Crippen molar-refractivity contribution >= 4 is 38.4 Å². The number of nitrogens with zero attached hydrogens (tertiary/aromatic N) is 3. The van der Waals surface area contributed by atoms with Crippen LogP contribution in [0.5, 0.6) is 0 Å². The van der Waals surface area contributed by atoms with E-state index in [1.165, 1.54) is 4.31 Å². The summed E-state index contributed by atoms with van der Waals surface area (Å²) in [5.41, 5.74) is 3.50. The molecule has 0 atom stereocenters. The lowest BCUT2D eigenvalue weighted by Gasteiger charge is -2.18. The second kappa shape index (κ2) is 7.83. The van der Waals surface area contributed by atoms with Gasteiger partial charge in [0.2, 0.25) is 10.0 Å². The molecule has 1 aromatic carbocycles. The third kappa shape index (κ3) is 4.46. The fourth-order valence-electron chi connectivity index (χ4n) is 4.29. The van der Waals surface area contributed by atoms with Gasteiger partial charge in [-0.1, -0.05) is 32.0 Å². The van der Waals surface area contributed by atoms with Gasteiger partial charge in [-0.15, -0.1) is 0 Å². The molecular weight excluding hydrogens is 440 g/mol. The van der Waals surface area contributed by atoms with Crippen molar-refractivity contribution in [2.45, 2.75) is 52.4 Å². The molecule has 3 heterocycles. The molecule has 8 nitrogen and oxygen atoms in total. The molecule has 1 N–H and O–H groups in total. The van der Waals surface area contributed by atoms with Gasteiger partial charge in [0.15, 0.2) is 0 Å². The van der Waals surface area contributed by atoms with E-state index in [0.717, 1.165) is 24.2 Å². The first-order valence-corrected chi connectivity index (χ1v) is 12.9. The summed E-state index contributed by atoms with van der Waals surface area (Å²) in [4.78, 5) is 18.1. The Morgan fingerprint density at radius 2 is 2.03 bits per heavy atom. The van der Waals surface area contributed by atoms with Crippen molar-refractivity contribution in [3.05, 3.63) is 47.3 Å². The normalized spacial score (nSPS) is 18.1. The summed E-state index contributed by atoms with van der Waals surface area (Å²) >= 11 is 0. The summed E-state index contributed by atoms with van der Waals surface area (Å²) in [6, 6.07) is 8.81. The molecule has 3 aromatic rings. The first kappa shape index (κ1) is 21.9. The van der Waals surface area contributed by atoms with Crippen molar-refractivity contribution in [2.75, 3.05) is 21.9 Å². The lowest BCUT2D eigenvalue weighted by atomic mass is 9.89. The summed E-state index contributed by atoms with van der Waals surface area (Å²) in [5.74, 6) is 0.206. The number of amides is 1. The molecule has 5 rings (SSSR count). The van der Waals surface area contributed by atoms with Crippen LogP contribution in [-0.2, 0) is 16.4 Å². The number of rotatable bonds is 5. The highest BCUT2D eigenvalue weighted by Crippen LogP contribution is 2.41. The lowest BCUT2D eigenvalue weighted by Crippen LogP contribution is -2.25. The predicted molar refractivity (Wildman–Crippen MR) is 127 cm³/mol. The molecule has 0 unspecified atom stereocenters. The number of hydrogen-bond donors (Lipinski definition) is 1. The zero-order chi connectivity index (χ0) is 23.4. The van der Waals surface area contributed by atoms with E-state index in [9.17, 15) is 13.2 Å². The van der Waals surface area contributed by atoms with E-state index in [0.29, 0.717) is 53.3 Å². The van der Waals surface area contributed by atoms with Crippen molar-refractivity contribution in [1.82, 2.24) is 10.1 Å². The fraction of sp³-hybridized carbons (Fsp3) is 0.458. The summed E-state index contributed by atoms with van der Waals surface area (Å²) in [5, 5.41) is 7.84. The van der Waals surface area contributed by atoms with Crippen LogP contribution in [0.1, 0.15) is 67.7 Å². The van der Waals surface area contributed by atoms with Gasteiger partial charge in [0.05, 0.1) is 28.1 Å². The molecule has 9 heteroatoms. The van der Waals surface area contributed by atoms with Crippen molar-refractivity contribution < 1.29 is 17.7 Å². The lowest BCUT2D eigenvalue weighted by molar-refractivity contribution is 0.102. The molecule has 1 saturated carbocycles. The molecule has 1 aliphatic carbocycles. The average molecular weight is 469 g/mol. The highest BCUT2D eigenvalue weighted by Gasteiger charge is 2.31. The summed E-state index contributed by atoms with van der Waals surface area (Å²) in [6.07, 6.45) is 3.35.